The molecule has 208 valence electrons. The molecule has 0 aliphatic heterocycles. The van der Waals surface area contributed by atoms with Crippen molar-refractivity contribution in [3.8, 4) is 0 Å². The van der Waals surface area contributed by atoms with E-state index in [4.69, 9.17) is 11.6 Å². The minimum atomic E-state index is -4.11. The van der Waals surface area contributed by atoms with E-state index in [-0.39, 0.29) is 23.4 Å². The second-order valence-corrected chi connectivity index (χ2v) is 12.0. The van der Waals surface area contributed by atoms with Crippen LogP contribution in [0.1, 0.15) is 38.3 Å². The zero-order chi connectivity index (χ0) is 28.6. The molecule has 1 atom stereocenters. The smallest absolute Gasteiger partial charge is 0.264 e. The standard InChI is InChI=1S/C30H36ClN3O4S/c1-5-27(30(36)32-22(2)3)33(19-18-24-12-8-6-9-13-24)29(35)21-34(28-17-16-25(31)20-23(28)4)39(37,38)26-14-10-7-11-15-26/h6-17,20,22,27H,5,18-19,21H2,1-4H3,(H,32,36)/t27-/m0/s1. The van der Waals surface area contributed by atoms with Gasteiger partial charge in [-0.2, -0.15) is 0 Å². The van der Waals surface area contributed by atoms with Gasteiger partial charge in [0, 0.05) is 17.6 Å². The highest BCUT2D eigenvalue weighted by atomic mass is 35.5. The van der Waals surface area contributed by atoms with E-state index in [1.165, 1.54) is 17.0 Å². The number of anilines is 1. The largest absolute Gasteiger partial charge is 0.352 e. The van der Waals surface area contributed by atoms with Gasteiger partial charge in [0.25, 0.3) is 10.0 Å². The Balaban J connectivity index is 2.03. The molecule has 0 saturated carbocycles. The van der Waals surface area contributed by atoms with E-state index in [0.717, 1.165) is 9.87 Å². The minimum Gasteiger partial charge on any atom is -0.352 e. The molecule has 3 rings (SSSR count). The molecular formula is C30H36ClN3O4S. The number of aryl methyl sites for hydroxylation is 1. The number of amides is 2. The van der Waals surface area contributed by atoms with E-state index >= 15 is 0 Å². The summed E-state index contributed by atoms with van der Waals surface area (Å²) in [5.74, 6) is -0.736. The van der Waals surface area contributed by atoms with Gasteiger partial charge >= 0.3 is 0 Å². The van der Waals surface area contributed by atoms with E-state index in [0.29, 0.717) is 29.1 Å². The molecule has 0 aliphatic carbocycles. The number of hydrogen-bond acceptors (Lipinski definition) is 4. The first-order valence-corrected chi connectivity index (χ1v) is 14.8. The number of carbonyl (C=O) groups is 2. The Morgan fingerprint density at radius 2 is 1.56 bits per heavy atom. The Morgan fingerprint density at radius 1 is 0.949 bits per heavy atom. The van der Waals surface area contributed by atoms with Crippen molar-refractivity contribution in [3.63, 3.8) is 0 Å². The summed E-state index contributed by atoms with van der Waals surface area (Å²) in [5.41, 5.74) is 1.96. The van der Waals surface area contributed by atoms with Gasteiger partial charge in [-0.3, -0.25) is 13.9 Å². The summed E-state index contributed by atoms with van der Waals surface area (Å²) in [5, 5.41) is 3.36. The Kier molecular flexibility index (Phi) is 10.5. The summed E-state index contributed by atoms with van der Waals surface area (Å²) in [6.45, 7) is 7.09. The molecule has 2 amide bonds. The Hall–Kier alpha value is -3.36. The van der Waals surface area contributed by atoms with Crippen LogP contribution in [0.4, 0.5) is 5.69 Å². The van der Waals surface area contributed by atoms with E-state index < -0.39 is 28.5 Å². The number of carbonyl (C=O) groups excluding carboxylic acids is 2. The number of rotatable bonds is 12. The lowest BCUT2D eigenvalue weighted by Crippen LogP contribution is -2.54. The molecule has 0 unspecified atom stereocenters. The lowest BCUT2D eigenvalue weighted by molar-refractivity contribution is -0.139. The second-order valence-electron chi connectivity index (χ2n) is 9.67. The summed E-state index contributed by atoms with van der Waals surface area (Å²) in [6, 6.07) is 21.7. The van der Waals surface area contributed by atoms with Crippen molar-refractivity contribution in [1.29, 1.82) is 0 Å². The van der Waals surface area contributed by atoms with Gasteiger partial charge in [-0.15, -0.1) is 0 Å². The topological polar surface area (TPSA) is 86.8 Å². The van der Waals surface area contributed by atoms with Crippen molar-refractivity contribution >= 4 is 39.1 Å². The maximum Gasteiger partial charge on any atom is 0.264 e. The highest BCUT2D eigenvalue weighted by Gasteiger charge is 2.34. The van der Waals surface area contributed by atoms with Crippen molar-refractivity contribution in [1.82, 2.24) is 10.2 Å². The molecule has 3 aromatic carbocycles. The fraction of sp³-hybridized carbons (Fsp3) is 0.333. The molecule has 0 fully saturated rings. The van der Waals surface area contributed by atoms with Crippen LogP contribution in [0.2, 0.25) is 5.02 Å². The van der Waals surface area contributed by atoms with Crippen LogP contribution in [0.3, 0.4) is 0 Å². The van der Waals surface area contributed by atoms with Crippen LogP contribution in [0.5, 0.6) is 0 Å². The third-order valence-electron chi connectivity index (χ3n) is 6.34. The molecule has 3 aromatic rings. The number of nitrogens with one attached hydrogen (secondary N) is 1. The van der Waals surface area contributed by atoms with Crippen molar-refractivity contribution in [2.24, 2.45) is 0 Å². The first-order chi connectivity index (χ1) is 18.5. The average Bonchev–Trinajstić information content (AvgIpc) is 2.90. The molecule has 0 spiro atoms. The van der Waals surface area contributed by atoms with Gasteiger partial charge in [-0.25, -0.2) is 8.42 Å². The van der Waals surface area contributed by atoms with E-state index in [9.17, 15) is 18.0 Å². The van der Waals surface area contributed by atoms with Crippen LogP contribution in [-0.4, -0.2) is 50.3 Å². The zero-order valence-corrected chi connectivity index (χ0v) is 24.4. The number of halogens is 1. The first-order valence-electron chi connectivity index (χ1n) is 13.0. The van der Waals surface area contributed by atoms with Gasteiger partial charge in [0.2, 0.25) is 11.8 Å². The van der Waals surface area contributed by atoms with Crippen LogP contribution < -0.4 is 9.62 Å². The summed E-state index contributed by atoms with van der Waals surface area (Å²) >= 11 is 6.16. The summed E-state index contributed by atoms with van der Waals surface area (Å²) in [7, 11) is -4.11. The third-order valence-corrected chi connectivity index (χ3v) is 8.35. The van der Waals surface area contributed by atoms with Gasteiger partial charge < -0.3 is 10.2 Å². The van der Waals surface area contributed by atoms with Crippen LogP contribution in [0.25, 0.3) is 0 Å². The van der Waals surface area contributed by atoms with E-state index in [1.807, 2.05) is 51.1 Å². The van der Waals surface area contributed by atoms with Crippen LogP contribution >= 0.6 is 11.6 Å². The maximum absolute atomic E-state index is 14.0. The van der Waals surface area contributed by atoms with Crippen LogP contribution in [0.15, 0.2) is 83.8 Å². The molecular weight excluding hydrogens is 534 g/mol. The molecule has 7 nitrogen and oxygen atoms in total. The highest BCUT2D eigenvalue weighted by molar-refractivity contribution is 7.92. The molecule has 39 heavy (non-hydrogen) atoms. The highest BCUT2D eigenvalue weighted by Crippen LogP contribution is 2.29. The minimum absolute atomic E-state index is 0.0626. The second kappa shape index (κ2) is 13.6. The average molecular weight is 570 g/mol. The van der Waals surface area contributed by atoms with Crippen LogP contribution in [0, 0.1) is 6.92 Å². The first kappa shape index (κ1) is 30.2. The van der Waals surface area contributed by atoms with Crippen molar-refractivity contribution < 1.29 is 18.0 Å². The third kappa shape index (κ3) is 7.83. The number of hydrogen-bond donors (Lipinski definition) is 1. The van der Waals surface area contributed by atoms with E-state index in [2.05, 4.69) is 5.32 Å². The fourth-order valence-electron chi connectivity index (χ4n) is 4.41. The van der Waals surface area contributed by atoms with Gasteiger partial charge in [-0.05, 0) is 75.1 Å². The molecule has 0 heterocycles. The lowest BCUT2D eigenvalue weighted by Gasteiger charge is -2.34. The monoisotopic (exact) mass is 569 g/mol. The Bertz CT molecular complexity index is 1370. The van der Waals surface area contributed by atoms with Gasteiger partial charge in [0.1, 0.15) is 12.6 Å². The van der Waals surface area contributed by atoms with Gasteiger partial charge in [0.15, 0.2) is 0 Å². The molecule has 0 aliphatic rings. The quantitative estimate of drug-likeness (QED) is 0.324. The van der Waals surface area contributed by atoms with Crippen molar-refractivity contribution in [2.75, 3.05) is 17.4 Å². The Morgan fingerprint density at radius 3 is 2.13 bits per heavy atom. The summed E-state index contributed by atoms with van der Waals surface area (Å²) in [4.78, 5) is 28.7. The van der Waals surface area contributed by atoms with Crippen LogP contribution in [-0.2, 0) is 26.0 Å². The van der Waals surface area contributed by atoms with Crippen molar-refractivity contribution in [3.05, 3.63) is 95.0 Å². The number of sulfonamides is 1. The summed E-state index contributed by atoms with van der Waals surface area (Å²) in [6.07, 6.45) is 0.897. The molecule has 0 saturated heterocycles. The predicted octanol–water partition coefficient (Wildman–Crippen LogP) is 5.22. The molecule has 1 N–H and O–H groups in total. The Labute approximate surface area is 236 Å². The zero-order valence-electron chi connectivity index (χ0n) is 22.8. The number of benzene rings is 3. The van der Waals surface area contributed by atoms with Gasteiger partial charge in [-0.1, -0.05) is 67.1 Å². The normalized spacial score (nSPS) is 12.2. The maximum atomic E-state index is 14.0. The molecule has 9 heteroatoms. The molecule has 0 bridgehead atoms. The van der Waals surface area contributed by atoms with Gasteiger partial charge in [0.05, 0.1) is 10.6 Å². The summed E-state index contributed by atoms with van der Waals surface area (Å²) < 4.78 is 28.8. The van der Waals surface area contributed by atoms with E-state index in [1.54, 1.807) is 43.3 Å². The predicted molar refractivity (Wildman–Crippen MR) is 156 cm³/mol. The molecule has 0 aromatic heterocycles. The number of nitrogens with zero attached hydrogens (tertiary/aromatic N) is 2. The SMILES string of the molecule is CC[C@@H](C(=O)NC(C)C)N(CCc1ccccc1)C(=O)CN(c1ccc(Cl)cc1C)S(=O)(=O)c1ccccc1. The van der Waals surface area contributed by atoms with Crippen molar-refractivity contribution in [2.45, 2.75) is 57.5 Å². The molecule has 0 radical (unpaired) electrons. The lowest BCUT2D eigenvalue weighted by atomic mass is 10.1. The fourth-order valence-corrected chi connectivity index (χ4v) is 6.13.